The van der Waals surface area contributed by atoms with Gasteiger partial charge in [0.2, 0.25) is 5.91 Å². The molecule has 2 aromatic heterocycles. The van der Waals surface area contributed by atoms with E-state index in [9.17, 15) is 14.7 Å². The number of carbonyl (C=O) groups excluding carboxylic acids is 2. The van der Waals surface area contributed by atoms with Crippen molar-refractivity contribution in [1.29, 1.82) is 0 Å². The van der Waals surface area contributed by atoms with E-state index in [1.807, 2.05) is 30.3 Å². The summed E-state index contributed by atoms with van der Waals surface area (Å²) in [6, 6.07) is 10.8. The van der Waals surface area contributed by atoms with E-state index >= 15 is 0 Å². The number of aromatic nitrogens is 2. The molecule has 8 nitrogen and oxygen atoms in total. The molecule has 1 aromatic carbocycles. The molecule has 0 aliphatic heterocycles. The number of hydrogen-bond donors (Lipinski definition) is 2. The normalized spacial score (nSPS) is 11.8. The van der Waals surface area contributed by atoms with Crippen LogP contribution >= 0.6 is 0 Å². The number of likely N-dealkylation sites (N-methyl/N-ethyl adjacent to an activating group) is 1. The molecule has 3 aromatic rings. The lowest BCUT2D eigenvalue weighted by molar-refractivity contribution is -0.132. The highest BCUT2D eigenvalue weighted by Crippen LogP contribution is 2.14. The van der Waals surface area contributed by atoms with Gasteiger partial charge in [-0.25, -0.2) is 0 Å². The zero-order valence-electron chi connectivity index (χ0n) is 15.7. The van der Waals surface area contributed by atoms with Crippen molar-refractivity contribution in [1.82, 2.24) is 14.7 Å². The Hall–Kier alpha value is -3.39. The fourth-order valence-corrected chi connectivity index (χ4v) is 2.73. The van der Waals surface area contributed by atoms with Crippen LogP contribution in [0.4, 0.5) is 5.69 Å². The summed E-state index contributed by atoms with van der Waals surface area (Å²) >= 11 is 0. The molecule has 0 bridgehead atoms. The predicted octanol–water partition coefficient (Wildman–Crippen LogP) is 2.23. The fraction of sp³-hybridized carbons (Fsp3) is 0.250. The Bertz CT molecular complexity index is 948. The van der Waals surface area contributed by atoms with Crippen molar-refractivity contribution in [3.63, 3.8) is 0 Å². The van der Waals surface area contributed by atoms with E-state index in [0.717, 1.165) is 5.56 Å². The third-order valence-electron chi connectivity index (χ3n) is 4.35. The largest absolute Gasteiger partial charge is 0.469 e. The van der Waals surface area contributed by atoms with Gasteiger partial charge >= 0.3 is 0 Å². The zero-order chi connectivity index (χ0) is 20.1. The van der Waals surface area contributed by atoms with Gasteiger partial charge in [-0.15, -0.1) is 0 Å². The van der Waals surface area contributed by atoms with E-state index in [1.165, 1.54) is 22.0 Å². The number of nitrogens with zero attached hydrogens (tertiary/aromatic N) is 3. The second-order valence-electron chi connectivity index (χ2n) is 6.47. The highest BCUT2D eigenvalue weighted by molar-refractivity contribution is 6.04. The lowest BCUT2D eigenvalue weighted by Gasteiger charge is -2.21. The van der Waals surface area contributed by atoms with Crippen LogP contribution in [0.2, 0.25) is 0 Å². The Kier molecular flexibility index (Phi) is 5.90. The van der Waals surface area contributed by atoms with E-state index in [-0.39, 0.29) is 24.9 Å². The number of aliphatic hydroxyl groups excluding tert-OH is 1. The average molecular weight is 382 g/mol. The average Bonchev–Trinajstić information content (AvgIpc) is 3.31. The molecule has 0 saturated carbocycles. The number of carbonyl (C=O) groups is 2. The molecule has 3 rings (SSSR count). The van der Waals surface area contributed by atoms with Gasteiger partial charge in [-0.3, -0.25) is 14.3 Å². The first-order valence-corrected chi connectivity index (χ1v) is 8.79. The first kappa shape index (κ1) is 19.4. The lowest BCUT2D eigenvalue weighted by Crippen LogP contribution is -2.33. The standard InChI is InChI=1S/C20H22N4O4/c1-14-17(8-9-28-14)20(27)22-16-10-21-24(11-16)13-19(26)23(2)12-18(25)15-6-4-3-5-7-15/h3-11,18,25H,12-13H2,1-2H3,(H,22,27). The van der Waals surface area contributed by atoms with Crippen molar-refractivity contribution in [3.8, 4) is 0 Å². The molecule has 0 spiro atoms. The lowest BCUT2D eigenvalue weighted by atomic mass is 10.1. The first-order valence-electron chi connectivity index (χ1n) is 8.79. The fourth-order valence-electron chi connectivity index (χ4n) is 2.73. The molecule has 28 heavy (non-hydrogen) atoms. The van der Waals surface area contributed by atoms with Gasteiger partial charge in [0.25, 0.3) is 5.91 Å². The third-order valence-corrected chi connectivity index (χ3v) is 4.35. The molecule has 1 atom stereocenters. The molecule has 146 valence electrons. The topological polar surface area (TPSA) is 101 Å². The molecule has 0 radical (unpaired) electrons. The van der Waals surface area contributed by atoms with Crippen LogP contribution in [-0.2, 0) is 11.3 Å². The van der Waals surface area contributed by atoms with Crippen molar-refractivity contribution in [3.05, 3.63) is 71.9 Å². The third kappa shape index (κ3) is 4.66. The highest BCUT2D eigenvalue weighted by atomic mass is 16.3. The van der Waals surface area contributed by atoms with Gasteiger partial charge in [0, 0.05) is 13.2 Å². The molecule has 0 saturated heterocycles. The summed E-state index contributed by atoms with van der Waals surface area (Å²) in [6.45, 7) is 1.88. The highest BCUT2D eigenvalue weighted by Gasteiger charge is 2.17. The van der Waals surface area contributed by atoms with Crippen LogP contribution in [0.25, 0.3) is 0 Å². The molecule has 2 N–H and O–H groups in total. The molecule has 2 amide bonds. The molecular formula is C20H22N4O4. The number of benzene rings is 1. The molecule has 0 aliphatic rings. The van der Waals surface area contributed by atoms with E-state index in [2.05, 4.69) is 10.4 Å². The van der Waals surface area contributed by atoms with Crippen molar-refractivity contribution in [2.45, 2.75) is 19.6 Å². The van der Waals surface area contributed by atoms with Gasteiger partial charge in [0.15, 0.2) is 0 Å². The molecular weight excluding hydrogens is 360 g/mol. The number of anilines is 1. The van der Waals surface area contributed by atoms with Gasteiger partial charge in [-0.05, 0) is 18.6 Å². The van der Waals surface area contributed by atoms with Crippen LogP contribution < -0.4 is 5.32 Å². The second-order valence-corrected chi connectivity index (χ2v) is 6.47. The van der Waals surface area contributed by atoms with Gasteiger partial charge in [-0.1, -0.05) is 30.3 Å². The van der Waals surface area contributed by atoms with Gasteiger partial charge in [-0.2, -0.15) is 5.10 Å². The van der Waals surface area contributed by atoms with Crippen LogP contribution in [0.1, 0.15) is 27.8 Å². The Morgan fingerprint density at radius 1 is 1.29 bits per heavy atom. The Morgan fingerprint density at radius 3 is 2.71 bits per heavy atom. The van der Waals surface area contributed by atoms with Crippen molar-refractivity contribution >= 4 is 17.5 Å². The molecule has 1 unspecified atom stereocenters. The summed E-state index contributed by atoms with van der Waals surface area (Å²) in [7, 11) is 1.63. The van der Waals surface area contributed by atoms with Crippen molar-refractivity contribution in [2.75, 3.05) is 18.9 Å². The van der Waals surface area contributed by atoms with E-state index < -0.39 is 6.10 Å². The van der Waals surface area contributed by atoms with Crippen LogP contribution in [0.3, 0.4) is 0 Å². The summed E-state index contributed by atoms with van der Waals surface area (Å²) in [5.41, 5.74) is 1.67. The predicted molar refractivity (Wildman–Crippen MR) is 103 cm³/mol. The molecule has 8 heteroatoms. The Morgan fingerprint density at radius 2 is 2.04 bits per heavy atom. The van der Waals surface area contributed by atoms with Gasteiger partial charge in [0.05, 0.1) is 36.4 Å². The summed E-state index contributed by atoms with van der Waals surface area (Å²) < 4.78 is 6.55. The SMILES string of the molecule is Cc1occc1C(=O)Nc1cnn(CC(=O)N(C)CC(O)c2ccccc2)c1. The Balaban J connectivity index is 1.54. The maximum Gasteiger partial charge on any atom is 0.259 e. The van der Waals surface area contributed by atoms with E-state index in [4.69, 9.17) is 4.42 Å². The molecule has 0 fully saturated rings. The number of rotatable bonds is 7. The minimum absolute atomic E-state index is 0.00137. The number of furan rings is 1. The maximum absolute atomic E-state index is 12.4. The number of amides is 2. The summed E-state index contributed by atoms with van der Waals surface area (Å²) in [5.74, 6) is 0.0144. The minimum Gasteiger partial charge on any atom is -0.469 e. The summed E-state index contributed by atoms with van der Waals surface area (Å²) in [5, 5.41) is 17.1. The van der Waals surface area contributed by atoms with E-state index in [0.29, 0.717) is 17.0 Å². The number of hydrogen-bond acceptors (Lipinski definition) is 5. The van der Waals surface area contributed by atoms with Crippen LogP contribution in [0.15, 0.2) is 59.5 Å². The number of aliphatic hydroxyl groups is 1. The second kappa shape index (κ2) is 8.53. The molecule has 0 aliphatic carbocycles. The molecule has 2 heterocycles. The Labute approximate surface area is 162 Å². The van der Waals surface area contributed by atoms with Gasteiger partial charge < -0.3 is 19.7 Å². The van der Waals surface area contributed by atoms with Crippen molar-refractivity contribution < 1.29 is 19.1 Å². The van der Waals surface area contributed by atoms with Crippen LogP contribution in [0, 0.1) is 6.92 Å². The van der Waals surface area contributed by atoms with Gasteiger partial charge in [0.1, 0.15) is 12.3 Å². The minimum atomic E-state index is -0.763. The van der Waals surface area contributed by atoms with Crippen molar-refractivity contribution in [2.24, 2.45) is 0 Å². The quantitative estimate of drug-likeness (QED) is 0.653. The smallest absolute Gasteiger partial charge is 0.259 e. The van der Waals surface area contributed by atoms with Crippen LogP contribution in [-0.4, -0.2) is 45.2 Å². The zero-order valence-corrected chi connectivity index (χ0v) is 15.7. The number of aryl methyl sites for hydroxylation is 1. The summed E-state index contributed by atoms with van der Waals surface area (Å²) in [4.78, 5) is 26.0. The summed E-state index contributed by atoms with van der Waals surface area (Å²) in [6.07, 6.45) is 3.74. The number of nitrogens with one attached hydrogen (secondary N) is 1. The van der Waals surface area contributed by atoms with E-state index in [1.54, 1.807) is 26.2 Å². The first-order chi connectivity index (χ1) is 13.4. The van der Waals surface area contributed by atoms with Crippen LogP contribution in [0.5, 0.6) is 0 Å². The maximum atomic E-state index is 12.4. The monoisotopic (exact) mass is 382 g/mol.